The number of nitrogens with zero attached hydrogens (tertiary/aromatic N) is 2. The van der Waals surface area contributed by atoms with E-state index in [1.165, 1.54) is 0 Å². The molecular formula is C25H25N3O2S. The molecule has 0 saturated carbocycles. The van der Waals surface area contributed by atoms with Crippen molar-refractivity contribution in [3.8, 4) is 5.88 Å². The fourth-order valence-corrected chi connectivity index (χ4v) is 4.74. The fourth-order valence-electron chi connectivity index (χ4n) is 3.61. The minimum Gasteiger partial charge on any atom is -0.478 e. The Hall–Kier alpha value is -3.25. The Bertz CT molecular complexity index is 1140. The largest absolute Gasteiger partial charge is 0.478 e. The summed E-state index contributed by atoms with van der Waals surface area (Å²) in [5.41, 5.74) is 2.02. The van der Waals surface area contributed by atoms with Gasteiger partial charge in [0.1, 0.15) is 0 Å². The Kier molecular flexibility index (Phi) is 6.28. The number of benzene rings is 2. The molecule has 0 unspecified atom stereocenters. The number of amides is 1. The minimum absolute atomic E-state index is 0.0516. The molecule has 1 N–H and O–H groups in total. The first kappa shape index (κ1) is 21.0. The van der Waals surface area contributed by atoms with E-state index < -0.39 is 5.41 Å². The highest BCUT2D eigenvalue weighted by Gasteiger charge is 2.36. The molecule has 4 aromatic rings. The lowest BCUT2D eigenvalue weighted by Crippen LogP contribution is -2.43. The molecule has 0 saturated heterocycles. The molecule has 0 bridgehead atoms. The molecule has 1 amide bonds. The number of hydrogen-bond donors (Lipinski definition) is 1. The molecule has 2 heterocycles. The van der Waals surface area contributed by atoms with Crippen molar-refractivity contribution >= 4 is 27.5 Å². The first-order valence-corrected chi connectivity index (χ1v) is 11.2. The summed E-state index contributed by atoms with van der Waals surface area (Å²) in [5, 5.41) is 4.05. The number of carbonyl (C=O) groups is 1. The molecule has 0 aliphatic rings. The second kappa shape index (κ2) is 9.27. The quantitative estimate of drug-likeness (QED) is 0.431. The van der Waals surface area contributed by atoms with Crippen molar-refractivity contribution in [2.24, 2.45) is 0 Å². The number of thiazole rings is 1. The Morgan fingerprint density at radius 2 is 1.84 bits per heavy atom. The average molecular weight is 432 g/mol. The second-order valence-electron chi connectivity index (χ2n) is 7.53. The van der Waals surface area contributed by atoms with Crippen LogP contribution in [0.2, 0.25) is 0 Å². The highest BCUT2D eigenvalue weighted by molar-refractivity contribution is 7.18. The first-order valence-electron chi connectivity index (χ1n) is 10.3. The van der Waals surface area contributed by atoms with Crippen molar-refractivity contribution in [3.05, 3.63) is 89.1 Å². The predicted octanol–water partition coefficient (Wildman–Crippen LogP) is 4.91. The average Bonchev–Trinajstić information content (AvgIpc) is 3.21. The van der Waals surface area contributed by atoms with E-state index in [9.17, 15) is 4.79 Å². The van der Waals surface area contributed by atoms with Gasteiger partial charge in [0, 0.05) is 24.7 Å². The number of pyridine rings is 1. The summed E-state index contributed by atoms with van der Waals surface area (Å²) in [7, 11) is 0. The maximum Gasteiger partial charge on any atom is 0.231 e. The summed E-state index contributed by atoms with van der Waals surface area (Å²) < 4.78 is 6.73. The lowest BCUT2D eigenvalue weighted by atomic mass is 9.78. The maximum atomic E-state index is 13.5. The summed E-state index contributed by atoms with van der Waals surface area (Å²) in [6, 6.07) is 21.7. The zero-order valence-corrected chi connectivity index (χ0v) is 18.5. The number of para-hydroxylation sites is 1. The summed E-state index contributed by atoms with van der Waals surface area (Å²) in [5.74, 6) is 0.502. The van der Waals surface area contributed by atoms with Crippen LogP contribution in [0, 0.1) is 0 Å². The van der Waals surface area contributed by atoms with Crippen LogP contribution in [-0.4, -0.2) is 22.5 Å². The molecular weight excluding hydrogens is 406 g/mol. The third-order valence-electron chi connectivity index (χ3n) is 5.33. The topological polar surface area (TPSA) is 64.1 Å². The maximum absolute atomic E-state index is 13.5. The lowest BCUT2D eigenvalue weighted by Gasteiger charge is -2.28. The molecule has 4 rings (SSSR count). The van der Waals surface area contributed by atoms with Gasteiger partial charge in [-0.25, -0.2) is 9.97 Å². The molecule has 0 aliphatic heterocycles. The van der Waals surface area contributed by atoms with Crippen LogP contribution in [0.5, 0.6) is 5.88 Å². The molecule has 0 spiro atoms. The Morgan fingerprint density at radius 3 is 2.61 bits per heavy atom. The molecule has 0 aliphatic carbocycles. The van der Waals surface area contributed by atoms with E-state index in [1.54, 1.807) is 17.5 Å². The molecule has 5 nitrogen and oxygen atoms in total. The van der Waals surface area contributed by atoms with Crippen molar-refractivity contribution in [2.75, 3.05) is 6.61 Å². The summed E-state index contributed by atoms with van der Waals surface area (Å²) in [6.07, 6.45) is 2.21. The van der Waals surface area contributed by atoms with Gasteiger partial charge in [-0.15, -0.1) is 11.3 Å². The molecule has 6 heteroatoms. The number of ether oxygens (including phenoxy) is 1. The van der Waals surface area contributed by atoms with Gasteiger partial charge in [0.05, 0.1) is 27.2 Å². The van der Waals surface area contributed by atoms with Crippen LogP contribution in [0.15, 0.2) is 72.9 Å². The normalized spacial score (nSPS) is 13.0. The van der Waals surface area contributed by atoms with Gasteiger partial charge >= 0.3 is 0 Å². The molecule has 31 heavy (non-hydrogen) atoms. The molecule has 1 atom stereocenters. The SMILES string of the molecule is CCOc1ncccc1CNC(=O)[C@](C)(Cc1nc2ccccc2s1)c1ccccc1. The highest BCUT2D eigenvalue weighted by Crippen LogP contribution is 2.32. The van der Waals surface area contributed by atoms with Gasteiger partial charge in [-0.1, -0.05) is 48.5 Å². The van der Waals surface area contributed by atoms with Gasteiger partial charge in [0.25, 0.3) is 0 Å². The Morgan fingerprint density at radius 1 is 1.06 bits per heavy atom. The van der Waals surface area contributed by atoms with Crippen molar-refractivity contribution in [3.63, 3.8) is 0 Å². The third-order valence-corrected chi connectivity index (χ3v) is 6.36. The monoisotopic (exact) mass is 431 g/mol. The predicted molar refractivity (Wildman–Crippen MR) is 124 cm³/mol. The van der Waals surface area contributed by atoms with Crippen LogP contribution >= 0.6 is 11.3 Å². The molecule has 0 fully saturated rings. The van der Waals surface area contributed by atoms with E-state index in [1.807, 2.05) is 74.5 Å². The minimum atomic E-state index is -0.761. The smallest absolute Gasteiger partial charge is 0.231 e. The summed E-state index contributed by atoms with van der Waals surface area (Å²) >= 11 is 1.64. The van der Waals surface area contributed by atoms with Crippen molar-refractivity contribution in [1.29, 1.82) is 0 Å². The highest BCUT2D eigenvalue weighted by atomic mass is 32.1. The third kappa shape index (κ3) is 4.59. The Balaban J connectivity index is 1.61. The fraction of sp³-hybridized carbons (Fsp3) is 0.240. The van der Waals surface area contributed by atoms with Crippen LogP contribution in [-0.2, 0) is 23.2 Å². The number of carbonyl (C=O) groups excluding carboxylic acids is 1. The molecule has 2 aromatic heterocycles. The van der Waals surface area contributed by atoms with Crippen LogP contribution in [0.1, 0.15) is 30.0 Å². The number of rotatable bonds is 8. The second-order valence-corrected chi connectivity index (χ2v) is 8.65. The first-order chi connectivity index (χ1) is 15.1. The Labute approximate surface area is 186 Å². The van der Waals surface area contributed by atoms with Gasteiger partial charge in [0.2, 0.25) is 11.8 Å². The van der Waals surface area contributed by atoms with E-state index in [0.29, 0.717) is 25.5 Å². The number of fused-ring (bicyclic) bond motifs is 1. The zero-order chi connectivity index (χ0) is 21.7. The van der Waals surface area contributed by atoms with Crippen LogP contribution in [0.25, 0.3) is 10.2 Å². The number of aromatic nitrogens is 2. The van der Waals surface area contributed by atoms with E-state index in [4.69, 9.17) is 9.72 Å². The van der Waals surface area contributed by atoms with E-state index in [-0.39, 0.29) is 5.91 Å². The van der Waals surface area contributed by atoms with Gasteiger partial charge in [-0.3, -0.25) is 4.79 Å². The lowest BCUT2D eigenvalue weighted by molar-refractivity contribution is -0.126. The summed E-state index contributed by atoms with van der Waals surface area (Å²) in [4.78, 5) is 22.6. The van der Waals surface area contributed by atoms with Crippen molar-refractivity contribution < 1.29 is 9.53 Å². The van der Waals surface area contributed by atoms with Crippen molar-refractivity contribution in [2.45, 2.75) is 32.2 Å². The van der Waals surface area contributed by atoms with Crippen LogP contribution < -0.4 is 10.1 Å². The summed E-state index contributed by atoms with van der Waals surface area (Å²) in [6.45, 7) is 4.78. The van der Waals surface area contributed by atoms with Gasteiger partial charge < -0.3 is 10.1 Å². The van der Waals surface area contributed by atoms with E-state index in [0.717, 1.165) is 26.4 Å². The van der Waals surface area contributed by atoms with E-state index >= 15 is 0 Å². The molecule has 0 radical (unpaired) electrons. The molecule has 2 aromatic carbocycles. The zero-order valence-electron chi connectivity index (χ0n) is 17.7. The number of nitrogens with one attached hydrogen (secondary N) is 1. The van der Waals surface area contributed by atoms with E-state index in [2.05, 4.69) is 16.4 Å². The van der Waals surface area contributed by atoms with Crippen LogP contribution in [0.3, 0.4) is 0 Å². The standard InChI is InChI=1S/C25H25N3O2S/c1-3-30-23-18(10-9-15-26-23)17-27-24(29)25(2,19-11-5-4-6-12-19)16-22-28-20-13-7-8-14-21(20)31-22/h4-15H,3,16-17H2,1-2H3,(H,27,29)/t25-/m1/s1. The van der Waals surface area contributed by atoms with Gasteiger partial charge in [-0.2, -0.15) is 0 Å². The van der Waals surface area contributed by atoms with Crippen LogP contribution in [0.4, 0.5) is 0 Å². The van der Waals surface area contributed by atoms with Gasteiger partial charge in [-0.05, 0) is 37.6 Å². The van der Waals surface area contributed by atoms with Gasteiger partial charge in [0.15, 0.2) is 0 Å². The molecule has 158 valence electrons. The number of hydrogen-bond acceptors (Lipinski definition) is 5. The van der Waals surface area contributed by atoms with Crippen molar-refractivity contribution in [1.82, 2.24) is 15.3 Å².